The summed E-state index contributed by atoms with van der Waals surface area (Å²) in [5.74, 6) is -1.11. The molecule has 2 fully saturated rings. The van der Waals surface area contributed by atoms with E-state index in [1.807, 2.05) is 18.4 Å². The van der Waals surface area contributed by atoms with Crippen molar-refractivity contribution in [2.75, 3.05) is 19.1 Å². The Morgan fingerprint density at radius 1 is 1.14 bits per heavy atom. The number of nitrogens with one attached hydrogen (secondary N) is 1. The monoisotopic (exact) mass is 592 g/mol. The Balaban J connectivity index is 1.29. The molecular weight excluding hydrogens is 548 g/mol. The number of fused-ring (bicyclic) bond motifs is 1. The first-order valence-electron chi connectivity index (χ1n) is 14.7. The van der Waals surface area contributed by atoms with E-state index < -0.39 is 24.0 Å². The number of carbonyl (C=O) groups is 2. The number of anilines is 1. The fraction of sp³-hybridized carbons (Fsp3) is 0.750. The molecule has 1 aliphatic carbocycles. The molecule has 0 radical (unpaired) electrons. The lowest BCUT2D eigenvalue weighted by Gasteiger charge is -2.27. The predicted molar refractivity (Wildman–Crippen MR) is 151 cm³/mol. The van der Waals surface area contributed by atoms with E-state index in [4.69, 9.17) is 34.2 Å². The number of nitrogens with zero attached hydrogens (tertiary/aromatic N) is 4. The molecule has 5 unspecified atom stereocenters. The molecule has 14 nitrogen and oxygen atoms in total. The molecule has 0 spiro atoms. The summed E-state index contributed by atoms with van der Waals surface area (Å²) in [6.45, 7) is 9.54. The predicted octanol–water partition coefficient (Wildman–Crippen LogP) is 3.08. The number of nitrogens with two attached hydrogens (primary N) is 1. The molecule has 42 heavy (non-hydrogen) atoms. The number of imidazole rings is 1. The average Bonchev–Trinajstić information content (AvgIpc) is 3.49. The normalized spacial score (nSPS) is 23.0. The Morgan fingerprint density at radius 3 is 2.64 bits per heavy atom. The van der Waals surface area contributed by atoms with Gasteiger partial charge in [0.15, 0.2) is 18.3 Å². The third-order valence-corrected chi connectivity index (χ3v) is 7.47. The van der Waals surface area contributed by atoms with Crippen LogP contribution in [0.4, 0.5) is 10.6 Å². The molecule has 14 heteroatoms. The van der Waals surface area contributed by atoms with Crippen molar-refractivity contribution in [3.8, 4) is 0 Å². The Hall–Kier alpha value is -3.07. The molecule has 5 atom stereocenters. The number of hydrogen-bond donors (Lipinski definition) is 2. The summed E-state index contributed by atoms with van der Waals surface area (Å²) in [4.78, 5) is 37.2. The zero-order valence-corrected chi connectivity index (χ0v) is 25.1. The van der Waals surface area contributed by atoms with Crippen molar-refractivity contribution >= 4 is 29.1 Å². The first kappa shape index (κ1) is 31.9. The van der Waals surface area contributed by atoms with E-state index in [-0.39, 0.29) is 37.2 Å². The van der Waals surface area contributed by atoms with Gasteiger partial charge in [-0.2, -0.15) is 0 Å². The number of carbonyl (C=O) groups excluding carboxylic acids is 2. The third-order valence-electron chi connectivity index (χ3n) is 7.47. The number of aromatic nitrogens is 4. The van der Waals surface area contributed by atoms with Crippen molar-refractivity contribution in [2.45, 2.75) is 122 Å². The fourth-order valence-corrected chi connectivity index (χ4v) is 5.22. The van der Waals surface area contributed by atoms with Crippen molar-refractivity contribution in [3.63, 3.8) is 0 Å². The van der Waals surface area contributed by atoms with Gasteiger partial charge in [0.2, 0.25) is 5.79 Å². The van der Waals surface area contributed by atoms with Gasteiger partial charge in [0.1, 0.15) is 30.1 Å². The van der Waals surface area contributed by atoms with Crippen molar-refractivity contribution in [1.82, 2.24) is 24.8 Å². The van der Waals surface area contributed by atoms with Crippen LogP contribution in [0.3, 0.4) is 0 Å². The zero-order chi connectivity index (χ0) is 30.3. The van der Waals surface area contributed by atoms with Crippen LogP contribution in [0.5, 0.6) is 0 Å². The van der Waals surface area contributed by atoms with Gasteiger partial charge in [-0.1, -0.05) is 6.42 Å². The van der Waals surface area contributed by atoms with E-state index >= 15 is 0 Å². The lowest BCUT2D eigenvalue weighted by Crippen LogP contribution is -2.51. The molecule has 0 bridgehead atoms. The van der Waals surface area contributed by atoms with Crippen LogP contribution in [0.15, 0.2) is 12.7 Å². The molecule has 3 heterocycles. The van der Waals surface area contributed by atoms with Gasteiger partial charge < -0.3 is 38.7 Å². The number of epoxide rings is 1. The Kier molecular flexibility index (Phi) is 10.9. The smallest absolute Gasteiger partial charge is 0.461 e. The second-order valence-electron chi connectivity index (χ2n) is 11.3. The Morgan fingerprint density at radius 2 is 1.90 bits per heavy atom. The van der Waals surface area contributed by atoms with Crippen molar-refractivity contribution in [2.24, 2.45) is 0 Å². The van der Waals surface area contributed by atoms with Gasteiger partial charge in [-0.05, 0) is 60.3 Å². The molecule has 2 aliphatic rings. The second-order valence-corrected chi connectivity index (χ2v) is 11.3. The first-order chi connectivity index (χ1) is 20.1. The minimum Gasteiger partial charge on any atom is -0.461 e. The van der Waals surface area contributed by atoms with Crippen LogP contribution in [0.1, 0.15) is 73.1 Å². The van der Waals surface area contributed by atoms with E-state index in [9.17, 15) is 9.59 Å². The molecule has 4 rings (SSSR count). The van der Waals surface area contributed by atoms with Gasteiger partial charge in [0, 0.05) is 13.0 Å². The highest BCUT2D eigenvalue weighted by atomic mass is 16.9. The summed E-state index contributed by atoms with van der Waals surface area (Å²) in [7, 11) is 0. The summed E-state index contributed by atoms with van der Waals surface area (Å²) in [6, 6.07) is -1.01. The molecule has 0 aromatic carbocycles. The standard InChI is InChI=1S/C28H44N6O8/c1-17(2)40-27(36)38-16-39-28(20(5)33-19(4)26(35)41-21-9-7-6-8-10-21)22(42-28)11-12-37-18(3)13-34-15-32-23-24(29)30-14-31-25(23)34/h14-15,17-22,33H,6-13,16H2,1-5H3,(H2,29,30,31). The van der Waals surface area contributed by atoms with Gasteiger partial charge in [0.25, 0.3) is 0 Å². The van der Waals surface area contributed by atoms with Crippen LogP contribution in [-0.4, -0.2) is 87.3 Å². The van der Waals surface area contributed by atoms with Gasteiger partial charge >= 0.3 is 12.1 Å². The molecule has 2 aromatic rings. The maximum atomic E-state index is 12.8. The van der Waals surface area contributed by atoms with Crippen LogP contribution < -0.4 is 11.1 Å². The summed E-state index contributed by atoms with van der Waals surface area (Å²) in [5.41, 5.74) is 7.08. The quantitative estimate of drug-likeness (QED) is 0.175. The van der Waals surface area contributed by atoms with Crippen LogP contribution in [-0.2, 0) is 39.8 Å². The number of nitrogen functional groups attached to an aromatic ring is 1. The topological polar surface area (TPSA) is 174 Å². The van der Waals surface area contributed by atoms with Gasteiger partial charge in [-0.3, -0.25) is 10.1 Å². The molecule has 2 aromatic heterocycles. The molecular formula is C28H44N6O8. The van der Waals surface area contributed by atoms with Crippen LogP contribution in [0, 0.1) is 0 Å². The maximum absolute atomic E-state index is 12.8. The van der Waals surface area contributed by atoms with Gasteiger partial charge in [0.05, 0.1) is 31.1 Å². The van der Waals surface area contributed by atoms with Crippen LogP contribution >= 0.6 is 0 Å². The minimum absolute atomic E-state index is 0.0365. The average molecular weight is 593 g/mol. The molecule has 1 saturated heterocycles. The first-order valence-corrected chi connectivity index (χ1v) is 14.7. The summed E-state index contributed by atoms with van der Waals surface area (Å²) < 4.78 is 35.7. The molecule has 234 valence electrons. The number of rotatable bonds is 15. The molecule has 1 aliphatic heterocycles. The number of esters is 1. The lowest BCUT2D eigenvalue weighted by atomic mass is 9.98. The summed E-state index contributed by atoms with van der Waals surface area (Å²) in [5, 5.41) is 3.25. The summed E-state index contributed by atoms with van der Waals surface area (Å²) >= 11 is 0. The molecule has 3 N–H and O–H groups in total. The maximum Gasteiger partial charge on any atom is 0.510 e. The van der Waals surface area contributed by atoms with Crippen molar-refractivity contribution in [3.05, 3.63) is 12.7 Å². The van der Waals surface area contributed by atoms with Crippen LogP contribution in [0.25, 0.3) is 11.2 Å². The van der Waals surface area contributed by atoms with E-state index in [1.165, 1.54) is 12.7 Å². The van der Waals surface area contributed by atoms with Crippen molar-refractivity contribution in [1.29, 1.82) is 0 Å². The van der Waals surface area contributed by atoms with Crippen LogP contribution in [0.2, 0.25) is 0 Å². The SMILES string of the molecule is CC(C)OC(=O)OCOC1(C(C)NC(C)C(=O)OC2CCCCC2)OC1CCOC(C)Cn1cnc2c(N)ncnc21. The third kappa shape index (κ3) is 8.27. The van der Waals surface area contributed by atoms with E-state index in [0.717, 1.165) is 25.7 Å². The fourth-order valence-electron chi connectivity index (χ4n) is 5.22. The zero-order valence-electron chi connectivity index (χ0n) is 25.1. The second kappa shape index (κ2) is 14.4. The summed E-state index contributed by atoms with van der Waals surface area (Å²) in [6.07, 6.45) is 6.98. The highest BCUT2D eigenvalue weighted by Crippen LogP contribution is 2.43. The Labute approximate surface area is 245 Å². The van der Waals surface area contributed by atoms with E-state index in [0.29, 0.717) is 36.6 Å². The number of hydrogen-bond acceptors (Lipinski definition) is 13. The van der Waals surface area contributed by atoms with Gasteiger partial charge in [-0.15, -0.1) is 0 Å². The minimum atomic E-state index is -1.13. The van der Waals surface area contributed by atoms with E-state index in [2.05, 4.69) is 20.3 Å². The largest absolute Gasteiger partial charge is 0.510 e. The molecule has 0 amide bonds. The van der Waals surface area contributed by atoms with E-state index in [1.54, 1.807) is 27.1 Å². The van der Waals surface area contributed by atoms with Crippen molar-refractivity contribution < 1.29 is 38.0 Å². The Bertz CT molecular complexity index is 1190. The lowest BCUT2D eigenvalue weighted by molar-refractivity contribution is -0.156. The highest BCUT2D eigenvalue weighted by molar-refractivity contribution is 5.81. The van der Waals surface area contributed by atoms with Gasteiger partial charge in [-0.25, -0.2) is 19.7 Å². The number of ether oxygens (including phenoxy) is 6. The highest BCUT2D eigenvalue weighted by Gasteiger charge is 2.62. The molecule has 1 saturated carbocycles.